The average Bonchev–Trinajstić information content (AvgIpc) is 2.94. The van der Waals surface area contributed by atoms with Gasteiger partial charge >= 0.3 is 0 Å². The van der Waals surface area contributed by atoms with Gasteiger partial charge in [-0.3, -0.25) is 0 Å². The van der Waals surface area contributed by atoms with Crippen molar-refractivity contribution in [2.24, 2.45) is 23.7 Å². The lowest BCUT2D eigenvalue weighted by Gasteiger charge is -2.38. The molecule has 0 N–H and O–H groups in total. The van der Waals surface area contributed by atoms with E-state index in [0.717, 1.165) is 42.1 Å². The number of benzene rings is 1. The Kier molecular flexibility index (Phi) is 12.7. The van der Waals surface area contributed by atoms with E-state index in [9.17, 15) is 0 Å². The monoisotopic (exact) mass is 527 g/mol. The molecule has 0 atom stereocenters. The number of nitrogens with zero attached hydrogens (tertiary/aromatic N) is 1. The van der Waals surface area contributed by atoms with Gasteiger partial charge in [0, 0.05) is 6.54 Å². The van der Waals surface area contributed by atoms with Gasteiger partial charge in [-0.05, 0) is 131 Å². The Bertz CT molecular complexity index is 727. The second-order valence-corrected chi connectivity index (χ2v) is 14.1. The first-order valence-corrected chi connectivity index (χ1v) is 16.9. The summed E-state index contributed by atoms with van der Waals surface area (Å²) >= 11 is 1.47. The molecule has 4 rings (SSSR count). The van der Waals surface area contributed by atoms with E-state index in [2.05, 4.69) is 42.5 Å². The van der Waals surface area contributed by atoms with E-state index in [1.807, 2.05) is 0 Å². The first-order valence-electron chi connectivity index (χ1n) is 16.2. The first-order chi connectivity index (χ1) is 18.2. The van der Waals surface area contributed by atoms with Gasteiger partial charge in [0.2, 0.25) is 0 Å². The third kappa shape index (κ3) is 9.28. The molecule has 0 bridgehead atoms. The fourth-order valence-electron chi connectivity index (χ4n) is 8.15. The second-order valence-electron chi connectivity index (χ2n) is 13.0. The molecule has 0 aromatic heterocycles. The second kappa shape index (κ2) is 15.9. The summed E-state index contributed by atoms with van der Waals surface area (Å²) in [5, 5.41) is 0. The molecule has 3 fully saturated rings. The summed E-state index contributed by atoms with van der Waals surface area (Å²) in [4.78, 5) is 0. The van der Waals surface area contributed by atoms with Gasteiger partial charge < -0.3 is 4.18 Å². The molecule has 3 heteroatoms. The molecule has 0 heterocycles. The summed E-state index contributed by atoms with van der Waals surface area (Å²) in [6.07, 6.45) is 26.1. The lowest BCUT2D eigenvalue weighted by molar-refractivity contribution is 0.155. The molecule has 0 unspecified atom stereocenters. The van der Waals surface area contributed by atoms with Gasteiger partial charge in [0.1, 0.15) is 0 Å². The lowest BCUT2D eigenvalue weighted by Crippen LogP contribution is -2.25. The molecule has 0 amide bonds. The molecule has 3 aliphatic carbocycles. The van der Waals surface area contributed by atoms with Crippen molar-refractivity contribution in [3.63, 3.8) is 0 Å². The van der Waals surface area contributed by atoms with Crippen LogP contribution < -0.4 is 0 Å². The maximum atomic E-state index is 5.14. The minimum absolute atomic E-state index is 0.796. The summed E-state index contributed by atoms with van der Waals surface area (Å²) in [6, 6.07) is 10.0. The van der Waals surface area contributed by atoms with Gasteiger partial charge in [-0.15, -0.1) is 0 Å². The minimum atomic E-state index is 0.796. The highest BCUT2D eigenvalue weighted by atomic mass is 32.2. The molecule has 3 saturated carbocycles. The molecular formula is C34H57NOS. The molecule has 210 valence electrons. The van der Waals surface area contributed by atoms with Crippen molar-refractivity contribution in [1.82, 2.24) is 4.31 Å². The Balaban J connectivity index is 1.13. The van der Waals surface area contributed by atoms with Crippen molar-refractivity contribution in [1.29, 1.82) is 0 Å². The zero-order chi connectivity index (χ0) is 25.9. The number of hydrogen-bond acceptors (Lipinski definition) is 3. The van der Waals surface area contributed by atoms with Crippen LogP contribution in [-0.2, 0) is 4.18 Å². The van der Waals surface area contributed by atoms with Crippen LogP contribution in [0.4, 0.5) is 0 Å². The third-order valence-electron chi connectivity index (χ3n) is 10.6. The van der Waals surface area contributed by atoms with Gasteiger partial charge in [0.05, 0.1) is 19.3 Å². The van der Waals surface area contributed by atoms with Crippen molar-refractivity contribution in [3.8, 4) is 0 Å². The smallest absolute Gasteiger partial charge is 0.0813 e. The molecule has 0 spiro atoms. The molecule has 1 aromatic carbocycles. The highest BCUT2D eigenvalue weighted by Gasteiger charge is 2.31. The predicted molar refractivity (Wildman–Crippen MR) is 162 cm³/mol. The van der Waals surface area contributed by atoms with E-state index in [-0.39, 0.29) is 0 Å². The SMILES string of the molecule is CCCCCC1CCC(C2CCC(c3ccc(C4CCC(CCCN(C)SOC)CC4)cc3)CC2)CC1. The van der Waals surface area contributed by atoms with Gasteiger partial charge in [-0.1, -0.05) is 69.7 Å². The van der Waals surface area contributed by atoms with Crippen LogP contribution in [0, 0.1) is 23.7 Å². The average molecular weight is 528 g/mol. The van der Waals surface area contributed by atoms with Gasteiger partial charge in [-0.25, -0.2) is 4.31 Å². The highest BCUT2D eigenvalue weighted by Crippen LogP contribution is 2.45. The summed E-state index contributed by atoms with van der Waals surface area (Å²) < 4.78 is 7.35. The highest BCUT2D eigenvalue weighted by molar-refractivity contribution is 7.92. The fraction of sp³-hybridized carbons (Fsp3) is 0.824. The van der Waals surface area contributed by atoms with E-state index >= 15 is 0 Å². The number of hydrogen-bond donors (Lipinski definition) is 0. The van der Waals surface area contributed by atoms with Crippen LogP contribution in [0.3, 0.4) is 0 Å². The lowest BCUT2D eigenvalue weighted by atomic mass is 9.68. The van der Waals surface area contributed by atoms with Crippen LogP contribution >= 0.6 is 12.2 Å². The predicted octanol–water partition coefficient (Wildman–Crippen LogP) is 10.5. The van der Waals surface area contributed by atoms with Crippen LogP contribution in [-0.4, -0.2) is 25.0 Å². The third-order valence-corrected chi connectivity index (χ3v) is 11.1. The molecule has 2 nitrogen and oxygen atoms in total. The van der Waals surface area contributed by atoms with E-state index in [1.165, 1.54) is 128 Å². The summed E-state index contributed by atoms with van der Waals surface area (Å²) in [7, 11) is 3.88. The van der Waals surface area contributed by atoms with E-state index in [1.54, 1.807) is 18.2 Å². The Morgan fingerprint density at radius 3 is 1.65 bits per heavy atom. The van der Waals surface area contributed by atoms with E-state index in [4.69, 9.17) is 4.18 Å². The standard InChI is InChI=1S/C34H57NOS/c1-4-5-6-8-27-10-14-29(15-11-27)31-18-22-33(23-19-31)34-24-20-32(21-25-34)30-16-12-28(13-17-30)9-7-26-35(2)37-36-3/h20-21,24-25,27-31,33H,4-19,22-23,26H2,1-3H3. The fourth-order valence-corrected chi connectivity index (χ4v) is 8.61. The van der Waals surface area contributed by atoms with Gasteiger partial charge in [-0.2, -0.15) is 0 Å². The van der Waals surface area contributed by atoms with Gasteiger partial charge in [0.25, 0.3) is 0 Å². The molecular weight excluding hydrogens is 470 g/mol. The molecule has 3 aliphatic rings. The van der Waals surface area contributed by atoms with Crippen molar-refractivity contribution in [2.75, 3.05) is 20.7 Å². The van der Waals surface area contributed by atoms with Crippen LogP contribution in [0.25, 0.3) is 0 Å². The van der Waals surface area contributed by atoms with E-state index < -0.39 is 0 Å². The Hall–Kier alpha value is -0.510. The normalized spacial score (nSPS) is 31.0. The molecule has 1 aromatic rings. The molecule has 37 heavy (non-hydrogen) atoms. The quantitative estimate of drug-likeness (QED) is 0.144. The van der Waals surface area contributed by atoms with Crippen molar-refractivity contribution in [3.05, 3.63) is 35.4 Å². The van der Waals surface area contributed by atoms with Crippen LogP contribution in [0.1, 0.15) is 145 Å². The molecule has 0 aliphatic heterocycles. The summed E-state index contributed by atoms with van der Waals surface area (Å²) in [5.41, 5.74) is 3.25. The Morgan fingerprint density at radius 1 is 0.676 bits per heavy atom. The van der Waals surface area contributed by atoms with Crippen LogP contribution in [0.15, 0.2) is 24.3 Å². The Labute approximate surface area is 234 Å². The van der Waals surface area contributed by atoms with Crippen LogP contribution in [0.2, 0.25) is 0 Å². The van der Waals surface area contributed by atoms with Crippen molar-refractivity contribution >= 4 is 12.2 Å². The summed E-state index contributed by atoms with van der Waals surface area (Å²) in [6.45, 7) is 3.46. The largest absolute Gasteiger partial charge is 0.304 e. The zero-order valence-electron chi connectivity index (χ0n) is 24.5. The minimum Gasteiger partial charge on any atom is -0.304 e. The topological polar surface area (TPSA) is 12.5 Å². The number of rotatable bonds is 13. The first kappa shape index (κ1) is 29.5. The van der Waals surface area contributed by atoms with Crippen molar-refractivity contribution in [2.45, 2.75) is 134 Å². The number of unbranched alkanes of at least 4 members (excludes halogenated alkanes) is 2. The van der Waals surface area contributed by atoms with Crippen molar-refractivity contribution < 1.29 is 4.18 Å². The zero-order valence-corrected chi connectivity index (χ0v) is 25.3. The molecule has 0 saturated heterocycles. The maximum Gasteiger partial charge on any atom is 0.0813 e. The van der Waals surface area contributed by atoms with E-state index in [0.29, 0.717) is 0 Å². The Morgan fingerprint density at radius 2 is 1.14 bits per heavy atom. The van der Waals surface area contributed by atoms with Gasteiger partial charge in [0.15, 0.2) is 0 Å². The summed E-state index contributed by atoms with van der Waals surface area (Å²) in [5.74, 6) is 5.68. The molecule has 0 radical (unpaired) electrons. The van der Waals surface area contributed by atoms with Crippen LogP contribution in [0.5, 0.6) is 0 Å². The maximum absolute atomic E-state index is 5.14.